The summed E-state index contributed by atoms with van der Waals surface area (Å²) < 4.78 is 10.9. The van der Waals surface area contributed by atoms with Crippen molar-refractivity contribution in [3.8, 4) is 0 Å². The molecule has 0 spiro atoms. The fourth-order valence-electron chi connectivity index (χ4n) is 3.73. The van der Waals surface area contributed by atoms with E-state index in [0.29, 0.717) is 44.9 Å². The highest BCUT2D eigenvalue weighted by Crippen LogP contribution is 2.26. The molecule has 2 N–H and O–H groups in total. The molecule has 0 fully saturated rings. The van der Waals surface area contributed by atoms with E-state index in [9.17, 15) is 14.4 Å². The molecule has 0 bridgehead atoms. The highest BCUT2D eigenvalue weighted by Gasteiger charge is 2.24. The van der Waals surface area contributed by atoms with Crippen LogP contribution in [-0.2, 0) is 15.9 Å². The second-order valence-corrected chi connectivity index (χ2v) is 13.0. The van der Waals surface area contributed by atoms with Crippen LogP contribution in [0.5, 0.6) is 0 Å². The maximum absolute atomic E-state index is 13.2. The Hall–Kier alpha value is -3.83. The molecular weight excluding hydrogens is 578 g/mol. The molecule has 0 aliphatic rings. The second-order valence-electron chi connectivity index (χ2n) is 11.7. The number of ether oxygens (including phenoxy) is 2. The van der Waals surface area contributed by atoms with E-state index >= 15 is 0 Å². The molecule has 1 aromatic heterocycles. The van der Waals surface area contributed by atoms with Crippen LogP contribution in [0.15, 0.2) is 47.8 Å². The van der Waals surface area contributed by atoms with Crippen molar-refractivity contribution in [1.82, 2.24) is 4.98 Å². The number of amides is 3. The van der Waals surface area contributed by atoms with Crippen molar-refractivity contribution in [2.24, 2.45) is 0 Å². The van der Waals surface area contributed by atoms with Gasteiger partial charge in [0.05, 0.1) is 16.9 Å². The van der Waals surface area contributed by atoms with E-state index in [-0.39, 0.29) is 12.5 Å². The first-order chi connectivity index (χ1) is 19.5. The first-order valence-electron chi connectivity index (χ1n) is 13.3. The molecule has 0 radical (unpaired) electrons. The van der Waals surface area contributed by atoms with Gasteiger partial charge in [-0.3, -0.25) is 15.0 Å². The van der Waals surface area contributed by atoms with Crippen LogP contribution in [0, 0.1) is 0 Å². The van der Waals surface area contributed by atoms with Crippen molar-refractivity contribution in [2.75, 3.05) is 41.1 Å². The number of nitrogens with zero attached hydrogens (tertiary/aromatic N) is 3. The van der Waals surface area contributed by atoms with E-state index in [1.54, 1.807) is 84.0 Å². The summed E-state index contributed by atoms with van der Waals surface area (Å²) in [6.45, 7) is 11.0. The van der Waals surface area contributed by atoms with E-state index in [0.717, 1.165) is 0 Å². The average Bonchev–Trinajstić information content (AvgIpc) is 3.29. The first-order valence-corrected chi connectivity index (χ1v) is 14.6. The van der Waals surface area contributed by atoms with Crippen LogP contribution >= 0.6 is 22.9 Å². The summed E-state index contributed by atoms with van der Waals surface area (Å²) in [5, 5.41) is 8.29. The fraction of sp³-hybridized carbons (Fsp3) is 0.400. The molecule has 3 aromatic rings. The summed E-state index contributed by atoms with van der Waals surface area (Å²) in [6.07, 6.45) is -0.688. The van der Waals surface area contributed by atoms with Gasteiger partial charge in [-0.2, -0.15) is 0 Å². The van der Waals surface area contributed by atoms with E-state index in [1.807, 2.05) is 24.4 Å². The molecule has 3 rings (SSSR count). The van der Waals surface area contributed by atoms with Gasteiger partial charge in [0.1, 0.15) is 11.2 Å². The molecule has 3 amide bonds. The van der Waals surface area contributed by atoms with Crippen LogP contribution < -0.4 is 20.4 Å². The average molecular weight is 616 g/mol. The van der Waals surface area contributed by atoms with E-state index in [2.05, 4.69) is 15.6 Å². The van der Waals surface area contributed by atoms with E-state index in [1.165, 1.54) is 16.2 Å². The lowest BCUT2D eigenvalue weighted by molar-refractivity contribution is 0.0578. The molecule has 0 aliphatic heterocycles. The van der Waals surface area contributed by atoms with Crippen molar-refractivity contribution in [3.63, 3.8) is 0 Å². The lowest BCUT2D eigenvalue weighted by Crippen LogP contribution is -2.38. The number of thiazole rings is 1. The summed E-state index contributed by atoms with van der Waals surface area (Å²) in [4.78, 5) is 46.1. The smallest absolute Gasteiger partial charge is 0.414 e. The minimum atomic E-state index is -0.697. The van der Waals surface area contributed by atoms with E-state index < -0.39 is 23.4 Å². The predicted molar refractivity (Wildman–Crippen MR) is 169 cm³/mol. The van der Waals surface area contributed by atoms with Gasteiger partial charge in [-0.05, 0) is 84.0 Å². The Bertz CT molecular complexity index is 1410. The number of rotatable bonds is 8. The van der Waals surface area contributed by atoms with Crippen molar-refractivity contribution in [2.45, 2.75) is 59.2 Å². The van der Waals surface area contributed by atoms with Crippen LogP contribution in [0.25, 0.3) is 0 Å². The molecule has 226 valence electrons. The number of halogens is 1. The zero-order valence-electron chi connectivity index (χ0n) is 25.2. The maximum Gasteiger partial charge on any atom is 0.414 e. The highest BCUT2D eigenvalue weighted by atomic mass is 35.5. The Labute approximate surface area is 256 Å². The molecule has 0 saturated heterocycles. The van der Waals surface area contributed by atoms with Gasteiger partial charge in [-0.15, -0.1) is 11.3 Å². The summed E-state index contributed by atoms with van der Waals surface area (Å²) in [5.74, 6) is -0.286. The number of nitrogens with one attached hydrogen (secondary N) is 2. The molecule has 0 saturated carbocycles. The maximum atomic E-state index is 13.2. The Morgan fingerprint density at radius 1 is 0.929 bits per heavy atom. The number of hydrogen-bond acceptors (Lipinski definition) is 8. The summed E-state index contributed by atoms with van der Waals surface area (Å²) in [5.41, 5.74) is 1.70. The minimum absolute atomic E-state index is 0.271. The standard InChI is InChI=1S/C30H38ClN5O5S/c1-29(2,3)40-27(38)34-26-33-21(18-42-26)15-16-36(28(39)41-30(4,5)6)22-12-10-20(11-13-22)32-25(37)23-14-9-19(31)17-24(23)35(7)8/h9-14,17-18H,15-16H2,1-8H3,(H,32,37)(H,33,34,38). The lowest BCUT2D eigenvalue weighted by atomic mass is 10.1. The largest absolute Gasteiger partial charge is 0.444 e. The quantitative estimate of drug-likeness (QED) is 0.271. The number of carbonyl (C=O) groups excluding carboxylic acids is 3. The van der Waals surface area contributed by atoms with Gasteiger partial charge in [0.15, 0.2) is 5.13 Å². The van der Waals surface area contributed by atoms with Gasteiger partial charge in [0, 0.05) is 48.8 Å². The molecule has 0 aliphatic carbocycles. The molecular formula is C30H38ClN5O5S. The monoisotopic (exact) mass is 615 g/mol. The number of aromatic nitrogens is 1. The van der Waals surface area contributed by atoms with Crippen molar-refractivity contribution in [3.05, 3.63) is 64.1 Å². The SMILES string of the molecule is CN(C)c1cc(Cl)ccc1C(=O)Nc1ccc(N(CCc2csc(NC(=O)OC(C)(C)C)n2)C(=O)OC(C)(C)C)cc1. The third-order valence-electron chi connectivity index (χ3n) is 5.49. The lowest BCUT2D eigenvalue weighted by Gasteiger charge is -2.27. The Balaban J connectivity index is 1.74. The van der Waals surface area contributed by atoms with Crippen LogP contribution in [0.3, 0.4) is 0 Å². The molecule has 12 heteroatoms. The van der Waals surface area contributed by atoms with Crippen LogP contribution in [0.1, 0.15) is 57.6 Å². The summed E-state index contributed by atoms with van der Waals surface area (Å²) in [6, 6.07) is 12.0. The number of anilines is 4. The zero-order valence-corrected chi connectivity index (χ0v) is 26.8. The molecule has 0 atom stereocenters. The first kappa shape index (κ1) is 32.7. The number of hydrogen-bond donors (Lipinski definition) is 2. The third-order valence-corrected chi connectivity index (χ3v) is 6.53. The normalized spacial score (nSPS) is 11.5. The van der Waals surface area contributed by atoms with Gasteiger partial charge in [-0.1, -0.05) is 11.6 Å². The van der Waals surface area contributed by atoms with Gasteiger partial charge in [-0.25, -0.2) is 14.6 Å². The molecule has 1 heterocycles. The Morgan fingerprint density at radius 3 is 2.17 bits per heavy atom. The molecule has 42 heavy (non-hydrogen) atoms. The van der Waals surface area contributed by atoms with Gasteiger partial charge < -0.3 is 19.7 Å². The third kappa shape index (κ3) is 9.92. The Morgan fingerprint density at radius 2 is 1.57 bits per heavy atom. The van der Waals surface area contributed by atoms with Gasteiger partial charge in [0.25, 0.3) is 5.91 Å². The topological polar surface area (TPSA) is 113 Å². The molecule has 0 unspecified atom stereocenters. The summed E-state index contributed by atoms with van der Waals surface area (Å²) >= 11 is 7.39. The predicted octanol–water partition coefficient (Wildman–Crippen LogP) is 7.45. The van der Waals surface area contributed by atoms with Crippen molar-refractivity contribution in [1.29, 1.82) is 0 Å². The highest BCUT2D eigenvalue weighted by molar-refractivity contribution is 7.13. The van der Waals surface area contributed by atoms with Crippen LogP contribution in [-0.4, -0.2) is 54.9 Å². The van der Waals surface area contributed by atoms with Crippen LogP contribution in [0.2, 0.25) is 5.02 Å². The second kappa shape index (κ2) is 13.4. The van der Waals surface area contributed by atoms with Gasteiger partial charge >= 0.3 is 12.2 Å². The number of benzene rings is 2. The fourth-order valence-corrected chi connectivity index (χ4v) is 4.63. The Kier molecular flexibility index (Phi) is 10.5. The van der Waals surface area contributed by atoms with Crippen molar-refractivity contribution >= 4 is 63.2 Å². The molecule has 2 aromatic carbocycles. The minimum Gasteiger partial charge on any atom is -0.444 e. The summed E-state index contributed by atoms with van der Waals surface area (Å²) in [7, 11) is 3.68. The zero-order chi connectivity index (χ0) is 31.2. The van der Waals surface area contributed by atoms with Gasteiger partial charge in [0.2, 0.25) is 0 Å². The number of carbonyl (C=O) groups is 3. The van der Waals surface area contributed by atoms with Crippen LogP contribution in [0.4, 0.5) is 31.8 Å². The van der Waals surface area contributed by atoms with Crippen molar-refractivity contribution < 1.29 is 23.9 Å². The molecule has 10 nitrogen and oxygen atoms in total. The van der Waals surface area contributed by atoms with E-state index in [4.69, 9.17) is 21.1 Å².